The van der Waals surface area contributed by atoms with Crippen LogP contribution in [0.5, 0.6) is 0 Å². The minimum Gasteiger partial charge on any atom is -0.458 e. The van der Waals surface area contributed by atoms with Crippen molar-refractivity contribution in [3.05, 3.63) is 0 Å². The average molecular weight is 370 g/mol. The summed E-state index contributed by atoms with van der Waals surface area (Å²) in [6.07, 6.45) is -2.47. The maximum absolute atomic E-state index is 11.3. The molecule has 0 radical (unpaired) electrons. The Morgan fingerprint density at radius 3 is 1.83 bits per heavy atom. The van der Waals surface area contributed by atoms with Crippen molar-refractivity contribution in [1.82, 2.24) is 0 Å². The molecule has 0 aromatic carbocycles. The Hall–Kier alpha value is -1.33. The zero-order valence-corrected chi connectivity index (χ0v) is 14.6. The van der Waals surface area contributed by atoms with Crippen LogP contribution in [0, 0.1) is 0 Å². The molecule has 1 fully saturated rings. The van der Waals surface area contributed by atoms with Crippen LogP contribution in [0.15, 0.2) is 0 Å². The molecule has 1 rings (SSSR count). The zero-order chi connectivity index (χ0) is 17.8. The van der Waals surface area contributed by atoms with Crippen LogP contribution in [0.4, 0.5) is 0 Å². The fourth-order valence-electron chi connectivity index (χ4n) is 1.96. The van der Waals surface area contributed by atoms with Crippen LogP contribution >= 0.6 is 11.8 Å². The van der Waals surface area contributed by atoms with Crippen molar-refractivity contribution in [2.45, 2.75) is 44.5 Å². The van der Waals surface area contributed by atoms with Gasteiger partial charge < -0.3 is 14.2 Å². The van der Waals surface area contributed by atoms with Crippen molar-refractivity contribution in [1.29, 1.82) is 0 Å². The first-order valence-electron chi connectivity index (χ1n) is 6.51. The second-order valence-electron chi connectivity index (χ2n) is 4.80. The van der Waals surface area contributed by atoms with Crippen molar-refractivity contribution in [3.63, 3.8) is 0 Å². The van der Waals surface area contributed by atoms with Crippen LogP contribution in [0.1, 0.15) is 20.8 Å². The lowest BCUT2D eigenvalue weighted by atomic mass is 10.1. The van der Waals surface area contributed by atoms with E-state index in [2.05, 4.69) is 0 Å². The van der Waals surface area contributed by atoms with E-state index in [1.807, 2.05) is 0 Å². The summed E-state index contributed by atoms with van der Waals surface area (Å²) in [5.74, 6) is -1.93. The lowest BCUT2D eigenvalue weighted by Crippen LogP contribution is -2.55. The van der Waals surface area contributed by atoms with Gasteiger partial charge in [-0.3, -0.25) is 18.6 Å². The average Bonchev–Trinajstić information content (AvgIpc) is 2.33. The van der Waals surface area contributed by atoms with Gasteiger partial charge in [-0.25, -0.2) is 0 Å². The molecule has 1 heterocycles. The van der Waals surface area contributed by atoms with Gasteiger partial charge in [0.15, 0.2) is 23.7 Å². The van der Waals surface area contributed by atoms with Crippen molar-refractivity contribution >= 4 is 39.8 Å². The molecule has 0 N–H and O–H groups in total. The molecule has 0 saturated carbocycles. The summed E-state index contributed by atoms with van der Waals surface area (Å²) in [6.45, 7) is 3.42. The van der Waals surface area contributed by atoms with E-state index < -0.39 is 51.8 Å². The Morgan fingerprint density at radius 2 is 1.39 bits per heavy atom. The fraction of sp³-hybridized carbons (Fsp3) is 0.750. The van der Waals surface area contributed by atoms with Crippen LogP contribution in [0.3, 0.4) is 0 Å². The van der Waals surface area contributed by atoms with Gasteiger partial charge in [0, 0.05) is 26.5 Å². The van der Waals surface area contributed by atoms with Gasteiger partial charge in [-0.15, -0.1) is 11.8 Å². The molecule has 4 atom stereocenters. The number of hydrogen-bond donors (Lipinski definition) is 0. The summed E-state index contributed by atoms with van der Waals surface area (Å²) in [7, 11) is -3.85. The summed E-state index contributed by atoms with van der Waals surface area (Å²) < 4.78 is 42.8. The monoisotopic (exact) mass is 370 g/mol. The predicted molar refractivity (Wildman–Crippen MR) is 78.8 cm³/mol. The van der Waals surface area contributed by atoms with Crippen molar-refractivity contribution in [2.24, 2.45) is 0 Å². The Balaban J connectivity index is 3.10. The SMILES string of the molecule is CC(=O)O[C@@H]1[C@@H](OC(C)=O)[C@H](OC(C)=O)CS[C@H]1OS(C)(=O)=O. The number of carbonyl (C=O) groups excluding carboxylic acids is 3. The van der Waals surface area contributed by atoms with Gasteiger partial charge in [0.2, 0.25) is 0 Å². The predicted octanol–water partition coefficient (Wildman–Crippen LogP) is -0.169. The third-order valence-electron chi connectivity index (χ3n) is 2.57. The number of hydrogen-bond acceptors (Lipinski definition) is 10. The molecule has 23 heavy (non-hydrogen) atoms. The van der Waals surface area contributed by atoms with Crippen LogP contribution in [-0.2, 0) is 42.9 Å². The largest absolute Gasteiger partial charge is 0.458 e. The summed E-state index contributed by atoms with van der Waals surface area (Å²) in [5.41, 5.74) is -1.12. The highest BCUT2D eigenvalue weighted by Crippen LogP contribution is 2.34. The topological polar surface area (TPSA) is 122 Å². The van der Waals surface area contributed by atoms with Gasteiger partial charge in [0.05, 0.1) is 6.26 Å². The van der Waals surface area contributed by atoms with Gasteiger partial charge >= 0.3 is 17.9 Å². The molecule has 1 saturated heterocycles. The highest BCUT2D eigenvalue weighted by molar-refractivity contribution is 8.00. The smallest absolute Gasteiger partial charge is 0.303 e. The Morgan fingerprint density at radius 1 is 0.913 bits per heavy atom. The zero-order valence-electron chi connectivity index (χ0n) is 13.0. The van der Waals surface area contributed by atoms with Gasteiger partial charge in [0.1, 0.15) is 0 Å². The van der Waals surface area contributed by atoms with Crippen LogP contribution in [0.2, 0.25) is 0 Å². The minimum absolute atomic E-state index is 0.107. The van der Waals surface area contributed by atoms with E-state index in [9.17, 15) is 22.8 Å². The number of ether oxygens (including phenoxy) is 3. The normalized spacial score (nSPS) is 27.8. The lowest BCUT2D eigenvalue weighted by Gasteiger charge is -2.39. The summed E-state index contributed by atoms with van der Waals surface area (Å²) >= 11 is 0.974. The first-order valence-corrected chi connectivity index (χ1v) is 9.37. The molecule has 11 heteroatoms. The molecule has 0 unspecified atom stereocenters. The molecule has 0 aromatic heterocycles. The third kappa shape index (κ3) is 6.75. The standard InChI is InChI=1S/C12H18O9S2/c1-6(13)18-9-5-22-12(21-23(4,16)17)11(20-8(3)15)10(9)19-7(2)14/h9-12H,5H2,1-4H3/t9-,10+,11-,12-/m1/s1. The van der Waals surface area contributed by atoms with Crippen LogP contribution in [0.25, 0.3) is 0 Å². The van der Waals surface area contributed by atoms with E-state index in [-0.39, 0.29) is 5.75 Å². The second-order valence-corrected chi connectivity index (χ2v) is 7.53. The van der Waals surface area contributed by atoms with E-state index >= 15 is 0 Å². The first-order chi connectivity index (χ1) is 10.5. The molecular weight excluding hydrogens is 352 g/mol. The highest BCUT2D eigenvalue weighted by atomic mass is 32.2. The molecule has 132 valence electrons. The van der Waals surface area contributed by atoms with E-state index in [1.54, 1.807) is 0 Å². The van der Waals surface area contributed by atoms with E-state index in [0.29, 0.717) is 0 Å². The maximum Gasteiger partial charge on any atom is 0.303 e. The summed E-state index contributed by atoms with van der Waals surface area (Å²) in [6, 6.07) is 0. The van der Waals surface area contributed by atoms with E-state index in [1.165, 1.54) is 6.92 Å². The molecule has 1 aliphatic rings. The first kappa shape index (κ1) is 19.7. The van der Waals surface area contributed by atoms with Gasteiger partial charge in [-0.05, 0) is 0 Å². The molecule has 0 bridgehead atoms. The van der Waals surface area contributed by atoms with Crippen LogP contribution in [-0.4, -0.2) is 62.1 Å². The summed E-state index contributed by atoms with van der Waals surface area (Å²) in [4.78, 5) is 33.8. The molecule has 0 spiro atoms. The molecule has 0 aromatic rings. The Bertz CT molecular complexity index is 571. The maximum atomic E-state index is 11.3. The molecule has 0 amide bonds. The number of thioether (sulfide) groups is 1. The van der Waals surface area contributed by atoms with E-state index in [4.69, 9.17) is 18.4 Å². The minimum atomic E-state index is -3.85. The second kappa shape index (κ2) is 7.97. The van der Waals surface area contributed by atoms with Crippen molar-refractivity contribution in [3.8, 4) is 0 Å². The Kier molecular flexibility index (Phi) is 6.84. The van der Waals surface area contributed by atoms with E-state index in [0.717, 1.165) is 31.9 Å². The van der Waals surface area contributed by atoms with Gasteiger partial charge in [-0.2, -0.15) is 8.42 Å². The fourth-order valence-corrected chi connectivity index (χ4v) is 4.11. The molecule has 1 aliphatic heterocycles. The Labute approximate surface area is 138 Å². The third-order valence-corrected chi connectivity index (χ3v) is 4.47. The molecule has 0 aliphatic carbocycles. The number of esters is 3. The number of carbonyl (C=O) groups is 3. The quantitative estimate of drug-likeness (QED) is 0.366. The lowest BCUT2D eigenvalue weighted by molar-refractivity contribution is -0.186. The van der Waals surface area contributed by atoms with Crippen LogP contribution < -0.4 is 0 Å². The highest BCUT2D eigenvalue weighted by Gasteiger charge is 2.48. The summed E-state index contributed by atoms with van der Waals surface area (Å²) in [5, 5.41) is 0. The molecular formula is C12H18O9S2. The van der Waals surface area contributed by atoms with Crippen molar-refractivity contribution < 1.29 is 41.2 Å². The van der Waals surface area contributed by atoms with Gasteiger partial charge in [0.25, 0.3) is 10.1 Å². The van der Waals surface area contributed by atoms with Gasteiger partial charge in [-0.1, -0.05) is 0 Å². The van der Waals surface area contributed by atoms with Crippen molar-refractivity contribution in [2.75, 3.05) is 12.0 Å². The number of rotatable bonds is 5. The molecule has 9 nitrogen and oxygen atoms in total.